The van der Waals surface area contributed by atoms with Crippen LogP contribution >= 0.6 is 12.4 Å². The Kier molecular flexibility index (Phi) is 6.65. The number of aryl methyl sites for hydroxylation is 1. The van der Waals surface area contributed by atoms with Crippen LogP contribution in [0.4, 0.5) is 18.9 Å². The molecule has 1 unspecified atom stereocenters. The van der Waals surface area contributed by atoms with Crippen LogP contribution in [0, 0.1) is 6.92 Å². The van der Waals surface area contributed by atoms with Crippen molar-refractivity contribution in [2.45, 2.75) is 25.6 Å². The Balaban J connectivity index is 0.00000400. The summed E-state index contributed by atoms with van der Waals surface area (Å²) < 4.78 is 37.7. The minimum absolute atomic E-state index is 0. The summed E-state index contributed by atoms with van der Waals surface area (Å²) in [6.07, 6.45) is -4.90. The second kappa shape index (κ2) is 7.28. The molecule has 0 bridgehead atoms. The van der Waals surface area contributed by atoms with Crippen molar-refractivity contribution in [1.29, 1.82) is 0 Å². The number of primary amides is 1. The van der Waals surface area contributed by atoms with Gasteiger partial charge in [0.15, 0.2) is 0 Å². The summed E-state index contributed by atoms with van der Waals surface area (Å²) in [5.74, 6) is -1.54. The average Bonchev–Trinajstić information content (AvgIpc) is 2.29. The largest absolute Gasteiger partial charge is 0.416 e. The second-order valence-corrected chi connectivity index (χ2v) is 4.29. The summed E-state index contributed by atoms with van der Waals surface area (Å²) in [4.78, 5) is 22.3. The van der Waals surface area contributed by atoms with E-state index in [9.17, 15) is 22.8 Å². The van der Waals surface area contributed by atoms with Crippen LogP contribution in [0.1, 0.15) is 17.5 Å². The third-order valence-electron chi connectivity index (χ3n) is 2.58. The molecular weight excluding hydrogens is 311 g/mol. The molecule has 0 spiro atoms. The van der Waals surface area contributed by atoms with Crippen LogP contribution in [0.5, 0.6) is 0 Å². The number of nitrogens with two attached hydrogens (primary N) is 2. The maximum Gasteiger partial charge on any atom is 0.416 e. The molecule has 0 radical (unpaired) electrons. The van der Waals surface area contributed by atoms with Crippen molar-refractivity contribution in [3.63, 3.8) is 0 Å². The number of rotatable bonds is 4. The Bertz CT molecular complexity index is 535. The smallest absolute Gasteiger partial charge is 0.370 e. The lowest BCUT2D eigenvalue weighted by Gasteiger charge is -2.14. The topological polar surface area (TPSA) is 98.2 Å². The van der Waals surface area contributed by atoms with Crippen molar-refractivity contribution in [2.75, 3.05) is 5.32 Å². The fraction of sp³-hybridized carbons (Fsp3) is 0.333. The van der Waals surface area contributed by atoms with Gasteiger partial charge in [-0.25, -0.2) is 0 Å². The van der Waals surface area contributed by atoms with Crippen LogP contribution in [0.3, 0.4) is 0 Å². The molecule has 118 valence electrons. The summed E-state index contributed by atoms with van der Waals surface area (Å²) in [7, 11) is 0. The first kappa shape index (κ1) is 19.2. The third kappa shape index (κ3) is 5.60. The van der Waals surface area contributed by atoms with Gasteiger partial charge in [-0.05, 0) is 24.6 Å². The molecular formula is C12H15ClF3N3O2. The standard InChI is InChI=1S/C12H14F3N3O2.ClH/c1-6-2-3-7(12(13,14)15)4-9(6)18-11(20)8(16)5-10(17)19;/h2-4,8H,5,16H2,1H3,(H2,17,19)(H,18,20);1H. The number of carbonyl (C=O) groups excluding carboxylic acids is 2. The number of amides is 2. The highest BCUT2D eigenvalue weighted by molar-refractivity contribution is 5.97. The first-order valence-electron chi connectivity index (χ1n) is 5.64. The number of anilines is 1. The number of hydrogen-bond donors (Lipinski definition) is 3. The van der Waals surface area contributed by atoms with E-state index in [1.165, 1.54) is 13.0 Å². The van der Waals surface area contributed by atoms with E-state index in [0.717, 1.165) is 12.1 Å². The molecule has 0 aliphatic rings. The Hall–Kier alpha value is -1.80. The molecule has 0 aromatic heterocycles. The molecule has 0 saturated carbocycles. The van der Waals surface area contributed by atoms with Crippen LogP contribution in [0.15, 0.2) is 18.2 Å². The molecule has 5 nitrogen and oxygen atoms in total. The quantitative estimate of drug-likeness (QED) is 0.783. The maximum absolute atomic E-state index is 12.6. The highest BCUT2D eigenvalue weighted by Gasteiger charge is 2.31. The van der Waals surface area contributed by atoms with Crippen LogP contribution in [-0.2, 0) is 15.8 Å². The molecule has 1 atom stereocenters. The molecule has 2 amide bonds. The van der Waals surface area contributed by atoms with Crippen molar-refractivity contribution >= 4 is 29.9 Å². The Morgan fingerprint density at radius 1 is 1.33 bits per heavy atom. The van der Waals surface area contributed by atoms with Crippen LogP contribution in [-0.4, -0.2) is 17.9 Å². The van der Waals surface area contributed by atoms with Gasteiger partial charge in [-0.3, -0.25) is 9.59 Å². The predicted molar refractivity (Wildman–Crippen MR) is 73.8 cm³/mol. The van der Waals surface area contributed by atoms with E-state index in [1.54, 1.807) is 0 Å². The number of alkyl halides is 3. The molecule has 1 aromatic rings. The van der Waals surface area contributed by atoms with Gasteiger partial charge in [-0.1, -0.05) is 6.07 Å². The second-order valence-electron chi connectivity index (χ2n) is 4.29. The highest BCUT2D eigenvalue weighted by atomic mass is 35.5. The zero-order chi connectivity index (χ0) is 15.5. The molecule has 0 heterocycles. The van der Waals surface area contributed by atoms with Crippen LogP contribution in [0.2, 0.25) is 0 Å². The third-order valence-corrected chi connectivity index (χ3v) is 2.58. The fourth-order valence-corrected chi connectivity index (χ4v) is 1.47. The molecule has 5 N–H and O–H groups in total. The Morgan fingerprint density at radius 3 is 2.38 bits per heavy atom. The molecule has 1 rings (SSSR count). The van der Waals surface area contributed by atoms with Crippen molar-refractivity contribution < 1.29 is 22.8 Å². The van der Waals surface area contributed by atoms with Gasteiger partial charge in [0.2, 0.25) is 11.8 Å². The lowest BCUT2D eigenvalue weighted by molar-refractivity contribution is -0.137. The molecule has 21 heavy (non-hydrogen) atoms. The van der Waals surface area contributed by atoms with E-state index in [0.29, 0.717) is 5.56 Å². The van der Waals surface area contributed by atoms with Gasteiger partial charge in [0.1, 0.15) is 0 Å². The number of carbonyl (C=O) groups is 2. The normalized spacial score (nSPS) is 12.2. The SMILES string of the molecule is Cc1ccc(C(F)(F)F)cc1NC(=O)C(N)CC(N)=O.Cl. The average molecular weight is 326 g/mol. The Labute approximate surface area is 125 Å². The van der Waals surface area contributed by atoms with Crippen molar-refractivity contribution in [3.05, 3.63) is 29.3 Å². The molecule has 0 aliphatic carbocycles. The van der Waals surface area contributed by atoms with Crippen molar-refractivity contribution in [3.8, 4) is 0 Å². The molecule has 0 fully saturated rings. The summed E-state index contributed by atoms with van der Waals surface area (Å²) in [6.45, 7) is 1.54. The van der Waals surface area contributed by atoms with E-state index in [2.05, 4.69) is 5.32 Å². The van der Waals surface area contributed by atoms with E-state index < -0.39 is 29.6 Å². The van der Waals surface area contributed by atoms with Crippen LogP contribution in [0.25, 0.3) is 0 Å². The molecule has 9 heteroatoms. The van der Waals surface area contributed by atoms with E-state index in [4.69, 9.17) is 11.5 Å². The lowest BCUT2D eigenvalue weighted by atomic mass is 10.1. The van der Waals surface area contributed by atoms with Crippen molar-refractivity contribution in [1.82, 2.24) is 0 Å². The maximum atomic E-state index is 12.6. The number of hydrogen-bond acceptors (Lipinski definition) is 3. The van der Waals surface area contributed by atoms with Gasteiger partial charge < -0.3 is 16.8 Å². The molecule has 0 saturated heterocycles. The van der Waals surface area contributed by atoms with Gasteiger partial charge in [-0.15, -0.1) is 12.4 Å². The Morgan fingerprint density at radius 2 is 1.90 bits per heavy atom. The summed E-state index contributed by atoms with van der Waals surface area (Å²) in [6, 6.07) is 1.75. The van der Waals surface area contributed by atoms with E-state index in [-0.39, 0.29) is 24.5 Å². The lowest BCUT2D eigenvalue weighted by Crippen LogP contribution is -2.39. The predicted octanol–water partition coefficient (Wildman–Crippen LogP) is 1.58. The monoisotopic (exact) mass is 325 g/mol. The molecule has 0 aliphatic heterocycles. The van der Waals surface area contributed by atoms with Crippen LogP contribution < -0.4 is 16.8 Å². The minimum Gasteiger partial charge on any atom is -0.370 e. The fourth-order valence-electron chi connectivity index (χ4n) is 1.47. The number of benzene rings is 1. The number of nitrogens with one attached hydrogen (secondary N) is 1. The highest BCUT2D eigenvalue weighted by Crippen LogP contribution is 2.32. The van der Waals surface area contributed by atoms with Gasteiger partial charge >= 0.3 is 6.18 Å². The molecule has 1 aromatic carbocycles. The zero-order valence-corrected chi connectivity index (χ0v) is 11.8. The summed E-state index contributed by atoms with van der Waals surface area (Å²) >= 11 is 0. The summed E-state index contributed by atoms with van der Waals surface area (Å²) in [5, 5.41) is 2.26. The minimum atomic E-state index is -4.51. The van der Waals surface area contributed by atoms with E-state index >= 15 is 0 Å². The van der Waals surface area contributed by atoms with Gasteiger partial charge in [0.05, 0.1) is 18.0 Å². The van der Waals surface area contributed by atoms with E-state index in [1.807, 2.05) is 0 Å². The van der Waals surface area contributed by atoms with Crippen molar-refractivity contribution in [2.24, 2.45) is 11.5 Å². The zero-order valence-electron chi connectivity index (χ0n) is 11.0. The van der Waals surface area contributed by atoms with Gasteiger partial charge in [-0.2, -0.15) is 13.2 Å². The first-order chi connectivity index (χ1) is 9.11. The van der Waals surface area contributed by atoms with Gasteiger partial charge in [0.25, 0.3) is 0 Å². The number of halogens is 4. The first-order valence-corrected chi connectivity index (χ1v) is 5.64. The van der Waals surface area contributed by atoms with Gasteiger partial charge in [0, 0.05) is 5.69 Å². The summed E-state index contributed by atoms with van der Waals surface area (Å²) in [5.41, 5.74) is 9.84.